The van der Waals surface area contributed by atoms with Crippen molar-refractivity contribution in [2.24, 2.45) is 13.0 Å². The SMILES string of the molecule is Cc1cc(S(=O)(=O)Nc2ccncn2)ccc1O[C@H]1C2CCC[C@@]21c1ccnn1C. The van der Waals surface area contributed by atoms with Crippen LogP contribution in [-0.4, -0.2) is 34.3 Å². The number of sulfonamides is 1. The summed E-state index contributed by atoms with van der Waals surface area (Å²) in [7, 11) is -1.76. The number of rotatable bonds is 6. The molecule has 0 saturated heterocycles. The molecule has 2 fully saturated rings. The molecule has 2 aliphatic carbocycles. The first-order valence-electron chi connectivity index (χ1n) is 9.96. The number of anilines is 1. The summed E-state index contributed by atoms with van der Waals surface area (Å²) in [5.74, 6) is 1.43. The lowest BCUT2D eigenvalue weighted by Crippen LogP contribution is -2.20. The predicted molar refractivity (Wildman–Crippen MR) is 111 cm³/mol. The van der Waals surface area contributed by atoms with Gasteiger partial charge in [-0.3, -0.25) is 9.40 Å². The quantitative estimate of drug-likeness (QED) is 0.652. The molecule has 0 aliphatic heterocycles. The summed E-state index contributed by atoms with van der Waals surface area (Å²) >= 11 is 0. The van der Waals surface area contributed by atoms with Crippen LogP contribution in [0.15, 0.2) is 53.9 Å². The molecule has 0 bridgehead atoms. The van der Waals surface area contributed by atoms with Crippen LogP contribution in [0.5, 0.6) is 5.75 Å². The van der Waals surface area contributed by atoms with Crippen LogP contribution in [0.4, 0.5) is 5.82 Å². The van der Waals surface area contributed by atoms with Crippen LogP contribution in [0.3, 0.4) is 0 Å². The van der Waals surface area contributed by atoms with Crippen molar-refractivity contribution >= 4 is 15.8 Å². The maximum atomic E-state index is 12.7. The zero-order valence-electron chi connectivity index (χ0n) is 16.8. The molecule has 0 spiro atoms. The second kappa shape index (κ2) is 6.80. The molecule has 1 aromatic carbocycles. The minimum absolute atomic E-state index is 0.0248. The van der Waals surface area contributed by atoms with E-state index in [1.807, 2.05) is 24.9 Å². The number of aromatic nitrogens is 4. The van der Waals surface area contributed by atoms with Gasteiger partial charge in [-0.05, 0) is 55.7 Å². The van der Waals surface area contributed by atoms with Crippen LogP contribution < -0.4 is 9.46 Å². The van der Waals surface area contributed by atoms with E-state index in [1.165, 1.54) is 30.7 Å². The molecule has 1 unspecified atom stereocenters. The zero-order chi connectivity index (χ0) is 20.9. The van der Waals surface area contributed by atoms with E-state index in [9.17, 15) is 8.42 Å². The lowest BCUT2D eigenvalue weighted by molar-refractivity contribution is 0.244. The molecule has 2 saturated carbocycles. The summed E-state index contributed by atoms with van der Waals surface area (Å²) < 4.78 is 36.2. The van der Waals surface area contributed by atoms with E-state index >= 15 is 0 Å². The van der Waals surface area contributed by atoms with Crippen molar-refractivity contribution in [3.63, 3.8) is 0 Å². The summed E-state index contributed by atoms with van der Waals surface area (Å²) in [6.07, 6.45) is 8.15. The Kier molecular flexibility index (Phi) is 4.32. The van der Waals surface area contributed by atoms with Gasteiger partial charge in [-0.15, -0.1) is 0 Å². The molecule has 8 nitrogen and oxygen atoms in total. The molecule has 0 radical (unpaired) electrons. The minimum Gasteiger partial charge on any atom is -0.489 e. The summed E-state index contributed by atoms with van der Waals surface area (Å²) in [6, 6.07) is 8.54. The third-order valence-corrected chi connectivity index (χ3v) is 7.71. The molecule has 2 aromatic heterocycles. The Bertz CT molecular complexity index is 1190. The van der Waals surface area contributed by atoms with Crippen molar-refractivity contribution < 1.29 is 13.2 Å². The second-order valence-corrected chi connectivity index (χ2v) is 9.73. The molecule has 3 atom stereocenters. The van der Waals surface area contributed by atoms with Crippen molar-refractivity contribution in [1.29, 1.82) is 0 Å². The van der Waals surface area contributed by atoms with Crippen molar-refractivity contribution in [2.75, 3.05) is 4.72 Å². The number of fused-ring (bicyclic) bond motifs is 1. The van der Waals surface area contributed by atoms with E-state index in [0.717, 1.165) is 24.2 Å². The number of benzene rings is 1. The van der Waals surface area contributed by atoms with Crippen LogP contribution in [0, 0.1) is 12.8 Å². The molecule has 2 aliphatic rings. The van der Waals surface area contributed by atoms with Gasteiger partial charge in [0.25, 0.3) is 10.0 Å². The maximum Gasteiger partial charge on any atom is 0.263 e. The molecule has 2 heterocycles. The number of nitrogens with one attached hydrogen (secondary N) is 1. The number of nitrogens with zero attached hydrogens (tertiary/aromatic N) is 4. The van der Waals surface area contributed by atoms with Gasteiger partial charge in [0.15, 0.2) is 0 Å². The monoisotopic (exact) mass is 425 g/mol. The smallest absolute Gasteiger partial charge is 0.263 e. The van der Waals surface area contributed by atoms with Gasteiger partial charge < -0.3 is 4.74 Å². The van der Waals surface area contributed by atoms with E-state index in [0.29, 0.717) is 5.92 Å². The Balaban J connectivity index is 1.37. The van der Waals surface area contributed by atoms with Crippen LogP contribution >= 0.6 is 0 Å². The predicted octanol–water partition coefficient (Wildman–Crippen LogP) is 2.82. The molecule has 156 valence electrons. The van der Waals surface area contributed by atoms with E-state index < -0.39 is 10.0 Å². The van der Waals surface area contributed by atoms with Crippen molar-refractivity contribution in [1.82, 2.24) is 19.7 Å². The molecule has 1 N–H and O–H groups in total. The van der Waals surface area contributed by atoms with Gasteiger partial charge in [-0.2, -0.15) is 5.10 Å². The summed E-state index contributed by atoms with van der Waals surface area (Å²) in [5.41, 5.74) is 2.03. The summed E-state index contributed by atoms with van der Waals surface area (Å²) in [6.45, 7) is 1.87. The Morgan fingerprint density at radius 2 is 2.10 bits per heavy atom. The molecule has 0 amide bonds. The van der Waals surface area contributed by atoms with Gasteiger partial charge in [0.1, 0.15) is 24.0 Å². The normalized spacial score (nSPS) is 25.0. The van der Waals surface area contributed by atoms with Crippen molar-refractivity contribution in [2.45, 2.75) is 42.6 Å². The second-order valence-electron chi connectivity index (χ2n) is 8.05. The highest BCUT2D eigenvalue weighted by Gasteiger charge is 2.70. The molecule has 3 aromatic rings. The molecule has 30 heavy (non-hydrogen) atoms. The number of hydrogen-bond acceptors (Lipinski definition) is 6. The summed E-state index contributed by atoms with van der Waals surface area (Å²) in [5, 5.41) is 4.34. The van der Waals surface area contributed by atoms with Gasteiger partial charge in [0.2, 0.25) is 0 Å². The molecule has 5 rings (SSSR count). The van der Waals surface area contributed by atoms with E-state index in [2.05, 4.69) is 25.9 Å². The highest BCUT2D eigenvalue weighted by molar-refractivity contribution is 7.92. The van der Waals surface area contributed by atoms with E-state index in [-0.39, 0.29) is 22.2 Å². The minimum atomic E-state index is -3.74. The first kappa shape index (κ1) is 19.0. The van der Waals surface area contributed by atoms with Gasteiger partial charge in [-0.1, -0.05) is 6.42 Å². The Morgan fingerprint density at radius 1 is 1.23 bits per heavy atom. The first-order chi connectivity index (χ1) is 14.4. The number of aryl methyl sites for hydroxylation is 2. The molecule has 9 heteroatoms. The lowest BCUT2D eigenvalue weighted by atomic mass is 9.98. The third kappa shape index (κ3) is 2.96. The largest absolute Gasteiger partial charge is 0.489 e. The average Bonchev–Trinajstić information content (AvgIpc) is 3.06. The standard InChI is InChI=1S/C21H23N5O3S/c1-14-12-15(30(27,28)25-19-8-10-22-13-23-19)5-6-17(14)29-20-16-4-3-9-21(16,20)18-7-11-24-26(18)2/h5-8,10-13,16,20H,3-4,9H2,1-2H3,(H,22,23,25)/t16?,20-,21-/m0/s1. The maximum absolute atomic E-state index is 12.7. The Hall–Kier alpha value is -2.94. The number of hydrogen-bond donors (Lipinski definition) is 1. The molecular weight excluding hydrogens is 402 g/mol. The highest BCUT2D eigenvalue weighted by atomic mass is 32.2. The number of ether oxygens (including phenoxy) is 1. The highest BCUT2D eigenvalue weighted by Crippen LogP contribution is 2.65. The first-order valence-corrected chi connectivity index (χ1v) is 11.4. The van der Waals surface area contributed by atoms with Crippen LogP contribution in [-0.2, 0) is 22.5 Å². The summed E-state index contributed by atoms with van der Waals surface area (Å²) in [4.78, 5) is 7.88. The van der Waals surface area contributed by atoms with Crippen molar-refractivity contribution in [3.8, 4) is 5.75 Å². The average molecular weight is 426 g/mol. The zero-order valence-corrected chi connectivity index (χ0v) is 17.6. The van der Waals surface area contributed by atoms with Crippen molar-refractivity contribution in [3.05, 3.63) is 60.3 Å². The third-order valence-electron chi connectivity index (χ3n) is 6.36. The van der Waals surface area contributed by atoms with Gasteiger partial charge in [-0.25, -0.2) is 18.4 Å². The van der Waals surface area contributed by atoms with Gasteiger partial charge >= 0.3 is 0 Å². The van der Waals surface area contributed by atoms with Crippen LogP contribution in [0.2, 0.25) is 0 Å². The van der Waals surface area contributed by atoms with E-state index in [4.69, 9.17) is 4.74 Å². The van der Waals surface area contributed by atoms with Crippen LogP contribution in [0.1, 0.15) is 30.5 Å². The van der Waals surface area contributed by atoms with Gasteiger partial charge in [0.05, 0.1) is 10.3 Å². The van der Waals surface area contributed by atoms with Gasteiger partial charge in [0, 0.05) is 31.1 Å². The Labute approximate surface area is 175 Å². The van der Waals surface area contributed by atoms with Crippen LogP contribution in [0.25, 0.3) is 0 Å². The Morgan fingerprint density at radius 3 is 2.80 bits per heavy atom. The topological polar surface area (TPSA) is 99.0 Å². The fourth-order valence-electron chi connectivity index (χ4n) is 4.92. The fourth-order valence-corrected chi connectivity index (χ4v) is 6.01. The lowest BCUT2D eigenvalue weighted by Gasteiger charge is -2.18. The van der Waals surface area contributed by atoms with E-state index in [1.54, 1.807) is 18.2 Å². The molecular formula is C21H23N5O3S. The fraction of sp³-hybridized carbons (Fsp3) is 0.381.